The van der Waals surface area contributed by atoms with Gasteiger partial charge in [0.1, 0.15) is 0 Å². The molecule has 0 aliphatic heterocycles. The second kappa shape index (κ2) is 8.76. The molecule has 162 valence electrons. The van der Waals surface area contributed by atoms with Crippen molar-refractivity contribution in [1.82, 2.24) is 0 Å². The summed E-state index contributed by atoms with van der Waals surface area (Å²) in [5, 5.41) is 4.21. The minimum Gasteiger partial charge on any atom is -0.318 e. The van der Waals surface area contributed by atoms with Crippen LogP contribution in [0.4, 0.5) is 37.7 Å². The first-order chi connectivity index (χ1) is 13.9. The number of aryl methyl sites for hydroxylation is 2. The van der Waals surface area contributed by atoms with E-state index in [4.69, 9.17) is 0 Å². The molecule has 0 radical (unpaired) electrons. The van der Waals surface area contributed by atoms with Crippen LogP contribution in [-0.4, -0.2) is 11.8 Å². The molecule has 0 aliphatic carbocycles. The van der Waals surface area contributed by atoms with E-state index in [1.807, 2.05) is 19.2 Å². The van der Waals surface area contributed by atoms with Crippen LogP contribution in [0.25, 0.3) is 0 Å². The number of nitrogens with one attached hydrogen (secondary N) is 2. The van der Waals surface area contributed by atoms with Crippen molar-refractivity contribution < 1.29 is 35.9 Å². The Morgan fingerprint density at radius 1 is 0.767 bits per heavy atom. The van der Waals surface area contributed by atoms with E-state index in [1.165, 1.54) is 0 Å². The Kier molecular flexibility index (Phi) is 6.79. The molecule has 0 atom stereocenters. The predicted molar refractivity (Wildman–Crippen MR) is 98.9 cm³/mol. The monoisotopic (exact) mass is 432 g/mol. The van der Waals surface area contributed by atoms with E-state index in [0.29, 0.717) is 30.7 Å². The van der Waals surface area contributed by atoms with Crippen molar-refractivity contribution in [3.05, 3.63) is 58.7 Å². The van der Waals surface area contributed by atoms with Crippen LogP contribution in [0.1, 0.15) is 36.1 Å². The number of rotatable bonds is 4. The van der Waals surface area contributed by atoms with Crippen LogP contribution >= 0.6 is 0 Å². The molecule has 2 N–H and O–H groups in total. The molecule has 0 spiro atoms. The first-order valence-electron chi connectivity index (χ1n) is 8.89. The molecule has 2 rings (SSSR count). The molecule has 4 nitrogen and oxygen atoms in total. The molecule has 2 amide bonds. The van der Waals surface area contributed by atoms with Gasteiger partial charge in [-0.15, -0.1) is 0 Å². The van der Waals surface area contributed by atoms with Crippen LogP contribution in [0.5, 0.6) is 0 Å². The standard InChI is InChI=1S/C20H18F6N2O2/c1-3-11-6-5-7-12(4-2)16(11)28-18(30)17(29)27-15-9-13(19(21,22)23)8-14(10-15)20(24,25)26/h5-10H,3-4H2,1-2H3,(H,27,29)(H,28,30). The summed E-state index contributed by atoms with van der Waals surface area (Å²) in [5.41, 5.74) is -2.14. The minimum atomic E-state index is -5.07. The van der Waals surface area contributed by atoms with Gasteiger partial charge in [0.15, 0.2) is 0 Å². The van der Waals surface area contributed by atoms with Gasteiger partial charge in [0.2, 0.25) is 0 Å². The number of benzene rings is 2. The average Bonchev–Trinajstić information content (AvgIpc) is 2.66. The number of para-hydroxylation sites is 1. The molecule has 0 saturated carbocycles. The second-order valence-corrected chi connectivity index (χ2v) is 6.36. The Hall–Kier alpha value is -3.04. The van der Waals surface area contributed by atoms with Gasteiger partial charge in [0.25, 0.3) is 0 Å². The Bertz CT molecular complexity index is 897. The van der Waals surface area contributed by atoms with Crippen molar-refractivity contribution in [1.29, 1.82) is 0 Å². The average molecular weight is 432 g/mol. The Balaban J connectivity index is 2.31. The lowest BCUT2D eigenvalue weighted by atomic mass is 10.0. The Morgan fingerprint density at radius 3 is 1.60 bits per heavy atom. The smallest absolute Gasteiger partial charge is 0.318 e. The van der Waals surface area contributed by atoms with Gasteiger partial charge in [-0.3, -0.25) is 9.59 Å². The zero-order chi connectivity index (χ0) is 22.7. The molecule has 0 aliphatic rings. The first kappa shape index (κ1) is 23.2. The van der Waals surface area contributed by atoms with Gasteiger partial charge in [-0.05, 0) is 42.2 Å². The van der Waals surface area contributed by atoms with Crippen molar-refractivity contribution in [2.45, 2.75) is 39.0 Å². The topological polar surface area (TPSA) is 58.2 Å². The van der Waals surface area contributed by atoms with E-state index in [-0.39, 0.29) is 6.07 Å². The zero-order valence-corrected chi connectivity index (χ0v) is 16.0. The third-order valence-electron chi connectivity index (χ3n) is 4.29. The van der Waals surface area contributed by atoms with Crippen molar-refractivity contribution in [3.63, 3.8) is 0 Å². The molecule has 0 saturated heterocycles. The van der Waals surface area contributed by atoms with Gasteiger partial charge >= 0.3 is 24.2 Å². The van der Waals surface area contributed by atoms with E-state index in [1.54, 1.807) is 18.2 Å². The highest BCUT2D eigenvalue weighted by Gasteiger charge is 2.37. The molecular formula is C20H18F6N2O2. The number of carbonyl (C=O) groups is 2. The maximum atomic E-state index is 12.9. The maximum absolute atomic E-state index is 12.9. The Morgan fingerprint density at radius 2 is 1.20 bits per heavy atom. The third-order valence-corrected chi connectivity index (χ3v) is 4.29. The highest BCUT2D eigenvalue weighted by atomic mass is 19.4. The third kappa shape index (κ3) is 5.52. The van der Waals surface area contributed by atoms with Crippen molar-refractivity contribution in [3.8, 4) is 0 Å². The Labute approximate surface area is 168 Å². The number of alkyl halides is 6. The molecule has 0 aromatic heterocycles. The molecule has 0 fully saturated rings. The van der Waals surface area contributed by atoms with Crippen LogP contribution in [0.15, 0.2) is 36.4 Å². The number of hydrogen-bond donors (Lipinski definition) is 2. The summed E-state index contributed by atoms with van der Waals surface area (Å²) < 4.78 is 77.6. The van der Waals surface area contributed by atoms with Crippen LogP contribution in [-0.2, 0) is 34.8 Å². The maximum Gasteiger partial charge on any atom is 0.416 e. The fourth-order valence-electron chi connectivity index (χ4n) is 2.79. The molecule has 0 heterocycles. The first-order valence-corrected chi connectivity index (χ1v) is 8.89. The van der Waals surface area contributed by atoms with E-state index in [9.17, 15) is 35.9 Å². The number of anilines is 2. The van der Waals surface area contributed by atoms with E-state index in [0.717, 1.165) is 11.1 Å². The van der Waals surface area contributed by atoms with Crippen LogP contribution in [0.3, 0.4) is 0 Å². The van der Waals surface area contributed by atoms with Gasteiger partial charge in [-0.2, -0.15) is 26.3 Å². The molecule has 30 heavy (non-hydrogen) atoms. The van der Waals surface area contributed by atoms with E-state index >= 15 is 0 Å². The summed E-state index contributed by atoms with van der Waals surface area (Å²) in [6.07, 6.45) is -9.07. The lowest BCUT2D eigenvalue weighted by molar-refractivity contribution is -0.143. The molecule has 10 heteroatoms. The summed E-state index contributed by atoms with van der Waals surface area (Å²) in [6, 6.07) is 5.83. The van der Waals surface area contributed by atoms with Gasteiger partial charge in [-0.25, -0.2) is 0 Å². The largest absolute Gasteiger partial charge is 0.416 e. The van der Waals surface area contributed by atoms with Gasteiger partial charge < -0.3 is 10.6 Å². The normalized spacial score (nSPS) is 11.9. The van der Waals surface area contributed by atoms with Crippen molar-refractivity contribution >= 4 is 23.2 Å². The number of hydrogen-bond acceptors (Lipinski definition) is 2. The van der Waals surface area contributed by atoms with Gasteiger partial charge in [0.05, 0.1) is 11.1 Å². The second-order valence-electron chi connectivity index (χ2n) is 6.36. The van der Waals surface area contributed by atoms with Crippen LogP contribution < -0.4 is 10.6 Å². The lowest BCUT2D eigenvalue weighted by Crippen LogP contribution is -2.30. The number of carbonyl (C=O) groups excluding carboxylic acids is 2. The summed E-state index contributed by atoms with van der Waals surface area (Å²) in [6.45, 7) is 3.65. The zero-order valence-electron chi connectivity index (χ0n) is 16.0. The molecule has 0 unspecified atom stereocenters. The lowest BCUT2D eigenvalue weighted by Gasteiger charge is -2.16. The molecule has 2 aromatic carbocycles. The highest BCUT2D eigenvalue weighted by Crippen LogP contribution is 2.37. The van der Waals surface area contributed by atoms with Crippen LogP contribution in [0, 0.1) is 0 Å². The quantitative estimate of drug-likeness (QED) is 0.500. The van der Waals surface area contributed by atoms with Gasteiger partial charge in [-0.1, -0.05) is 32.0 Å². The predicted octanol–water partition coefficient (Wildman–Crippen LogP) is 5.43. The summed E-state index contributed by atoms with van der Waals surface area (Å²) in [7, 11) is 0. The highest BCUT2D eigenvalue weighted by molar-refractivity contribution is 6.43. The summed E-state index contributed by atoms with van der Waals surface area (Å²) in [5.74, 6) is -2.60. The molecule has 0 bridgehead atoms. The fourth-order valence-corrected chi connectivity index (χ4v) is 2.79. The van der Waals surface area contributed by atoms with Gasteiger partial charge in [0, 0.05) is 11.4 Å². The van der Waals surface area contributed by atoms with E-state index in [2.05, 4.69) is 5.32 Å². The number of halogens is 6. The number of amides is 2. The minimum absolute atomic E-state index is 0.0687. The van der Waals surface area contributed by atoms with E-state index < -0.39 is 41.0 Å². The summed E-state index contributed by atoms with van der Waals surface area (Å²) >= 11 is 0. The fraction of sp³-hybridized carbons (Fsp3) is 0.300. The van der Waals surface area contributed by atoms with Crippen molar-refractivity contribution in [2.24, 2.45) is 0 Å². The van der Waals surface area contributed by atoms with Crippen molar-refractivity contribution in [2.75, 3.05) is 10.6 Å². The SMILES string of the molecule is CCc1cccc(CC)c1NC(=O)C(=O)Nc1cc(C(F)(F)F)cc(C(F)(F)F)c1. The summed E-state index contributed by atoms with van der Waals surface area (Å²) in [4.78, 5) is 24.4. The van der Waals surface area contributed by atoms with Crippen LogP contribution in [0.2, 0.25) is 0 Å². The molecule has 2 aromatic rings. The molecular weight excluding hydrogens is 414 g/mol.